The molecule has 1 amide bonds. The van der Waals surface area contributed by atoms with Crippen LogP contribution in [0.4, 0.5) is 0 Å². The van der Waals surface area contributed by atoms with Crippen LogP contribution in [0, 0.1) is 5.92 Å². The van der Waals surface area contributed by atoms with E-state index in [9.17, 15) is 9.59 Å². The van der Waals surface area contributed by atoms with Gasteiger partial charge in [-0.05, 0) is 24.5 Å². The molecule has 1 unspecified atom stereocenters. The van der Waals surface area contributed by atoms with Crippen molar-refractivity contribution in [3.63, 3.8) is 0 Å². The smallest absolute Gasteiger partial charge is 0.326 e. The average Bonchev–Trinajstić information content (AvgIpc) is 2.23. The van der Waals surface area contributed by atoms with Crippen molar-refractivity contribution >= 4 is 23.6 Å². The van der Waals surface area contributed by atoms with Crippen LogP contribution in [0.2, 0.25) is 0 Å². The Balaban J connectivity index is 3.78. The Morgan fingerprint density at radius 3 is 2.41 bits per heavy atom. The minimum atomic E-state index is -0.951. The number of aliphatic carboxylic acids is 1. The first kappa shape index (κ1) is 16.3. The van der Waals surface area contributed by atoms with E-state index in [0.29, 0.717) is 18.1 Å². The molecule has 0 heterocycles. The van der Waals surface area contributed by atoms with Crippen LogP contribution in [0.5, 0.6) is 0 Å². The molecule has 5 heteroatoms. The highest BCUT2D eigenvalue weighted by Gasteiger charge is 2.18. The zero-order valence-corrected chi connectivity index (χ0v) is 11.7. The Hall–Kier alpha value is -0.710. The van der Waals surface area contributed by atoms with Gasteiger partial charge in [0.1, 0.15) is 6.04 Å². The van der Waals surface area contributed by atoms with Crippen molar-refractivity contribution < 1.29 is 14.7 Å². The van der Waals surface area contributed by atoms with E-state index in [1.54, 1.807) is 11.8 Å². The Morgan fingerprint density at radius 1 is 1.29 bits per heavy atom. The number of hydrogen-bond donors (Lipinski definition) is 2. The average molecular weight is 261 g/mol. The number of amides is 1. The topological polar surface area (TPSA) is 66.4 Å². The normalized spacial score (nSPS) is 12.5. The second-order valence-corrected chi connectivity index (χ2v) is 5.59. The van der Waals surface area contributed by atoms with Gasteiger partial charge >= 0.3 is 5.97 Å². The number of rotatable bonds is 9. The summed E-state index contributed by atoms with van der Waals surface area (Å²) in [6.07, 6.45) is 2.31. The highest BCUT2D eigenvalue weighted by molar-refractivity contribution is 7.99. The van der Waals surface area contributed by atoms with Crippen LogP contribution in [0.3, 0.4) is 0 Å². The number of carboxylic acid groups (broad SMARTS) is 1. The summed E-state index contributed by atoms with van der Waals surface area (Å²) >= 11 is 1.56. The monoisotopic (exact) mass is 261 g/mol. The third-order valence-electron chi connectivity index (χ3n) is 2.28. The fourth-order valence-electron chi connectivity index (χ4n) is 1.27. The molecule has 0 aliphatic rings. The van der Waals surface area contributed by atoms with Crippen molar-refractivity contribution in [2.24, 2.45) is 5.92 Å². The van der Waals surface area contributed by atoms with E-state index in [-0.39, 0.29) is 5.91 Å². The molecule has 0 radical (unpaired) electrons. The van der Waals surface area contributed by atoms with E-state index < -0.39 is 12.0 Å². The molecule has 0 aromatic rings. The molecule has 0 aliphatic carbocycles. The zero-order chi connectivity index (χ0) is 13.3. The van der Waals surface area contributed by atoms with Crippen molar-refractivity contribution in [3.05, 3.63) is 0 Å². The summed E-state index contributed by atoms with van der Waals surface area (Å²) in [6, 6.07) is -0.738. The minimum Gasteiger partial charge on any atom is -0.480 e. The maximum atomic E-state index is 11.5. The maximum absolute atomic E-state index is 11.5. The molecule has 0 aromatic carbocycles. The molecule has 0 bridgehead atoms. The molecular weight excluding hydrogens is 238 g/mol. The predicted octanol–water partition coefficient (Wildman–Crippen LogP) is 2.14. The van der Waals surface area contributed by atoms with Crippen molar-refractivity contribution in [1.82, 2.24) is 5.32 Å². The van der Waals surface area contributed by atoms with Crippen LogP contribution < -0.4 is 5.32 Å². The lowest BCUT2D eigenvalue weighted by Crippen LogP contribution is -2.41. The van der Waals surface area contributed by atoms with E-state index >= 15 is 0 Å². The van der Waals surface area contributed by atoms with E-state index in [0.717, 1.165) is 18.6 Å². The fraction of sp³-hybridized carbons (Fsp3) is 0.833. The summed E-state index contributed by atoms with van der Waals surface area (Å²) in [5.41, 5.74) is 0. The Labute approximate surface area is 108 Å². The molecule has 4 nitrogen and oxygen atoms in total. The van der Waals surface area contributed by atoms with Crippen LogP contribution in [0.25, 0.3) is 0 Å². The van der Waals surface area contributed by atoms with E-state index in [2.05, 4.69) is 19.2 Å². The molecule has 0 saturated heterocycles. The van der Waals surface area contributed by atoms with E-state index in [4.69, 9.17) is 5.11 Å². The lowest BCUT2D eigenvalue weighted by atomic mass is 10.2. The standard InChI is InChI=1S/C12H23NO3S/c1-4-5-10(12(15)16)13-11(14)8-17-7-6-9(2)3/h9-10H,4-8H2,1-3H3,(H,13,14)(H,15,16). The summed E-state index contributed by atoms with van der Waals surface area (Å²) in [6.45, 7) is 6.18. The quantitative estimate of drug-likeness (QED) is 0.624. The van der Waals surface area contributed by atoms with Crippen LogP contribution >= 0.6 is 11.8 Å². The maximum Gasteiger partial charge on any atom is 0.326 e. The van der Waals surface area contributed by atoms with Gasteiger partial charge in [0.25, 0.3) is 0 Å². The molecular formula is C12H23NO3S. The van der Waals surface area contributed by atoms with Crippen molar-refractivity contribution in [2.45, 2.75) is 46.1 Å². The molecule has 0 fully saturated rings. The number of carboxylic acids is 1. The van der Waals surface area contributed by atoms with Crippen LogP contribution in [0.1, 0.15) is 40.0 Å². The van der Waals surface area contributed by atoms with Crippen LogP contribution in [-0.2, 0) is 9.59 Å². The van der Waals surface area contributed by atoms with Crippen LogP contribution in [-0.4, -0.2) is 34.5 Å². The minimum absolute atomic E-state index is 0.181. The lowest BCUT2D eigenvalue weighted by molar-refractivity contribution is -0.141. The van der Waals surface area contributed by atoms with Crippen molar-refractivity contribution in [1.29, 1.82) is 0 Å². The summed E-state index contributed by atoms with van der Waals surface area (Å²) in [7, 11) is 0. The Bertz CT molecular complexity index is 244. The van der Waals surface area contributed by atoms with Gasteiger partial charge in [0.2, 0.25) is 5.91 Å². The molecule has 2 N–H and O–H groups in total. The number of carbonyl (C=O) groups excluding carboxylic acids is 1. The second-order valence-electron chi connectivity index (χ2n) is 4.48. The zero-order valence-electron chi connectivity index (χ0n) is 10.9. The highest BCUT2D eigenvalue weighted by atomic mass is 32.2. The van der Waals surface area contributed by atoms with Gasteiger partial charge in [-0.15, -0.1) is 0 Å². The Morgan fingerprint density at radius 2 is 1.94 bits per heavy atom. The van der Waals surface area contributed by atoms with Gasteiger partial charge in [-0.3, -0.25) is 4.79 Å². The first-order chi connectivity index (χ1) is 7.97. The molecule has 1 atom stereocenters. The molecule has 100 valence electrons. The van der Waals surface area contributed by atoms with Gasteiger partial charge in [0.05, 0.1) is 5.75 Å². The molecule has 0 rings (SSSR count). The van der Waals surface area contributed by atoms with E-state index in [1.165, 1.54) is 0 Å². The summed E-state index contributed by atoms with van der Waals surface area (Å²) in [5, 5.41) is 11.4. The second kappa shape index (κ2) is 9.33. The summed E-state index contributed by atoms with van der Waals surface area (Å²) in [4.78, 5) is 22.3. The largest absolute Gasteiger partial charge is 0.480 e. The fourth-order valence-corrected chi connectivity index (χ4v) is 2.32. The number of thioether (sulfide) groups is 1. The third-order valence-corrected chi connectivity index (χ3v) is 3.27. The van der Waals surface area contributed by atoms with E-state index in [1.807, 2.05) is 6.92 Å². The Kier molecular flexibility index (Phi) is 8.94. The SMILES string of the molecule is CCCC(NC(=O)CSCCC(C)C)C(=O)O. The molecule has 0 saturated carbocycles. The molecule has 0 aliphatic heterocycles. The van der Waals surface area contributed by atoms with Crippen molar-refractivity contribution in [2.75, 3.05) is 11.5 Å². The number of carbonyl (C=O) groups is 2. The van der Waals surface area contributed by atoms with Crippen LogP contribution in [0.15, 0.2) is 0 Å². The molecule has 0 aromatic heterocycles. The first-order valence-corrected chi connectivity index (χ1v) is 7.22. The van der Waals surface area contributed by atoms with Gasteiger partial charge in [-0.1, -0.05) is 27.2 Å². The van der Waals surface area contributed by atoms with Crippen molar-refractivity contribution in [3.8, 4) is 0 Å². The summed E-state index contributed by atoms with van der Waals surface area (Å²) < 4.78 is 0. The lowest BCUT2D eigenvalue weighted by Gasteiger charge is -2.13. The van der Waals surface area contributed by atoms with Gasteiger partial charge < -0.3 is 10.4 Å². The van der Waals surface area contributed by atoms with Gasteiger partial charge in [-0.25, -0.2) is 4.79 Å². The first-order valence-electron chi connectivity index (χ1n) is 6.07. The highest BCUT2D eigenvalue weighted by Crippen LogP contribution is 2.08. The summed E-state index contributed by atoms with van der Waals surface area (Å²) in [5.74, 6) is 0.793. The van der Waals surface area contributed by atoms with Gasteiger partial charge in [0.15, 0.2) is 0 Å². The van der Waals surface area contributed by atoms with Gasteiger partial charge in [-0.2, -0.15) is 11.8 Å². The molecule has 0 spiro atoms. The van der Waals surface area contributed by atoms with Gasteiger partial charge in [0, 0.05) is 0 Å². The third kappa shape index (κ3) is 9.03. The molecule has 17 heavy (non-hydrogen) atoms. The predicted molar refractivity (Wildman–Crippen MR) is 71.3 cm³/mol. The number of hydrogen-bond acceptors (Lipinski definition) is 3. The number of nitrogens with one attached hydrogen (secondary N) is 1.